The minimum Gasteiger partial charge on any atom is -0.389 e. The van der Waals surface area contributed by atoms with E-state index in [9.17, 15) is 17.6 Å². The van der Waals surface area contributed by atoms with Gasteiger partial charge in [0.25, 0.3) is 5.91 Å². The summed E-state index contributed by atoms with van der Waals surface area (Å²) in [6, 6.07) is 5.94. The molecule has 13 heteroatoms. The average Bonchev–Trinajstić information content (AvgIpc) is 3.45. The van der Waals surface area contributed by atoms with Crippen LogP contribution in [0.25, 0.3) is 0 Å². The number of benzene rings is 1. The summed E-state index contributed by atoms with van der Waals surface area (Å²) in [5.41, 5.74) is 0.255. The van der Waals surface area contributed by atoms with E-state index < -0.39 is 21.1 Å². The van der Waals surface area contributed by atoms with Crippen molar-refractivity contribution in [1.29, 1.82) is 0 Å². The molecule has 0 aliphatic carbocycles. The van der Waals surface area contributed by atoms with Gasteiger partial charge in [-0.15, -0.1) is 0 Å². The van der Waals surface area contributed by atoms with Gasteiger partial charge in [-0.3, -0.25) is 10.1 Å². The smallest absolute Gasteiger partial charge is 0.280 e. The van der Waals surface area contributed by atoms with Gasteiger partial charge in [0.15, 0.2) is 22.1 Å². The summed E-state index contributed by atoms with van der Waals surface area (Å²) >= 11 is 0.678. The van der Waals surface area contributed by atoms with Gasteiger partial charge in [-0.1, -0.05) is 28.6 Å². The summed E-state index contributed by atoms with van der Waals surface area (Å²) in [6.07, 6.45) is 1.34. The highest BCUT2D eigenvalue weighted by molar-refractivity contribution is 7.89. The van der Waals surface area contributed by atoms with Crippen molar-refractivity contribution in [2.75, 3.05) is 31.6 Å². The molecule has 0 spiro atoms. The minimum absolute atomic E-state index is 0.0349. The van der Waals surface area contributed by atoms with E-state index in [2.05, 4.69) is 20.8 Å². The fourth-order valence-electron chi connectivity index (χ4n) is 3.82. The number of anilines is 1. The van der Waals surface area contributed by atoms with Crippen LogP contribution in [-0.4, -0.2) is 73.8 Å². The SMILES string of the molecule is C[C@@H]1CN(S(=O)(=O)c2ccc(/C(=N\O[C@@H]3CCOC3)C(=O)Nc3ncc(F)s3)cc2)C[C@H](C)N1. The predicted molar refractivity (Wildman–Crippen MR) is 125 cm³/mol. The summed E-state index contributed by atoms with van der Waals surface area (Å²) in [5.74, 6) is -0.659. The van der Waals surface area contributed by atoms with Crippen LogP contribution in [0.1, 0.15) is 25.8 Å². The van der Waals surface area contributed by atoms with Crippen LogP contribution < -0.4 is 10.6 Å². The average molecular weight is 512 g/mol. The molecule has 1 aromatic carbocycles. The van der Waals surface area contributed by atoms with Crippen molar-refractivity contribution in [3.63, 3.8) is 0 Å². The van der Waals surface area contributed by atoms with Gasteiger partial charge in [-0.2, -0.15) is 8.70 Å². The van der Waals surface area contributed by atoms with E-state index in [1.165, 1.54) is 28.6 Å². The lowest BCUT2D eigenvalue weighted by Crippen LogP contribution is -2.55. The summed E-state index contributed by atoms with van der Waals surface area (Å²) in [4.78, 5) is 22.3. The second-order valence-electron chi connectivity index (χ2n) is 8.27. The lowest BCUT2D eigenvalue weighted by Gasteiger charge is -2.35. The Morgan fingerprint density at radius 3 is 2.59 bits per heavy atom. The summed E-state index contributed by atoms with van der Waals surface area (Å²) in [7, 11) is -3.71. The number of hydrogen-bond acceptors (Lipinski definition) is 9. The summed E-state index contributed by atoms with van der Waals surface area (Å²) in [5, 5.41) is 9.35. The highest BCUT2D eigenvalue weighted by Gasteiger charge is 2.31. The molecule has 1 amide bonds. The Morgan fingerprint density at radius 1 is 1.29 bits per heavy atom. The minimum atomic E-state index is -3.71. The standard InChI is InChI=1S/C21H26FN5O5S2/c1-13-10-27(11-14(2)24-13)34(29,30)17-5-3-15(4-6-17)19(26-32-16-7-8-31-12-16)20(28)25-21-23-9-18(22)33-21/h3-6,9,13-14,16,24H,7-8,10-12H2,1-2H3,(H,23,25,28)/b26-19+/t13-,14+,16-/m1/s1. The predicted octanol–water partition coefficient (Wildman–Crippen LogP) is 1.80. The monoisotopic (exact) mass is 511 g/mol. The Bertz CT molecular complexity index is 1140. The van der Waals surface area contributed by atoms with E-state index in [-0.39, 0.29) is 33.9 Å². The number of piperazine rings is 1. The second kappa shape index (κ2) is 10.4. The van der Waals surface area contributed by atoms with Crippen molar-refractivity contribution in [3.05, 3.63) is 41.2 Å². The molecule has 2 fully saturated rings. The molecule has 2 saturated heterocycles. The second-order valence-corrected chi connectivity index (χ2v) is 11.2. The Hall–Kier alpha value is -2.45. The molecule has 34 heavy (non-hydrogen) atoms. The number of nitrogens with one attached hydrogen (secondary N) is 2. The molecule has 0 bridgehead atoms. The van der Waals surface area contributed by atoms with E-state index in [4.69, 9.17) is 9.57 Å². The Kier molecular flexibility index (Phi) is 7.57. The zero-order valence-electron chi connectivity index (χ0n) is 18.7. The third-order valence-electron chi connectivity index (χ3n) is 5.38. The Labute approximate surface area is 201 Å². The molecule has 3 atom stereocenters. The van der Waals surface area contributed by atoms with Gasteiger partial charge in [-0.05, 0) is 26.0 Å². The van der Waals surface area contributed by atoms with E-state index in [0.29, 0.717) is 49.6 Å². The lowest BCUT2D eigenvalue weighted by atomic mass is 10.1. The zero-order valence-corrected chi connectivity index (χ0v) is 20.4. The highest BCUT2D eigenvalue weighted by atomic mass is 32.2. The van der Waals surface area contributed by atoms with Gasteiger partial charge >= 0.3 is 0 Å². The number of thiazole rings is 1. The Morgan fingerprint density at radius 2 is 2.00 bits per heavy atom. The third-order valence-corrected chi connectivity index (χ3v) is 7.93. The number of ether oxygens (including phenoxy) is 1. The molecule has 0 saturated carbocycles. The Balaban J connectivity index is 1.57. The summed E-state index contributed by atoms with van der Waals surface area (Å²) < 4.78 is 46.3. The number of oxime groups is 1. The first-order chi connectivity index (χ1) is 16.2. The van der Waals surface area contributed by atoms with Crippen LogP contribution in [-0.2, 0) is 24.4 Å². The van der Waals surface area contributed by atoms with Crippen molar-refractivity contribution in [3.8, 4) is 0 Å². The van der Waals surface area contributed by atoms with Crippen LogP contribution in [0.3, 0.4) is 0 Å². The normalized spacial score (nSPS) is 24.2. The number of hydrogen-bond donors (Lipinski definition) is 2. The fourth-order valence-corrected chi connectivity index (χ4v) is 5.98. The largest absolute Gasteiger partial charge is 0.389 e. The van der Waals surface area contributed by atoms with Gasteiger partial charge in [0.1, 0.15) is 0 Å². The van der Waals surface area contributed by atoms with Crippen molar-refractivity contribution in [2.24, 2.45) is 5.16 Å². The van der Waals surface area contributed by atoms with Crippen LogP contribution in [0.15, 0.2) is 40.5 Å². The number of nitrogens with zero attached hydrogens (tertiary/aromatic N) is 3. The molecule has 1 aromatic heterocycles. The van der Waals surface area contributed by atoms with E-state index in [1.807, 2.05) is 13.8 Å². The quantitative estimate of drug-likeness (QED) is 0.429. The topological polar surface area (TPSA) is 122 Å². The van der Waals surface area contributed by atoms with Gasteiger partial charge in [0, 0.05) is 37.2 Å². The highest BCUT2D eigenvalue weighted by Crippen LogP contribution is 2.21. The molecule has 4 rings (SSSR count). The van der Waals surface area contributed by atoms with Gasteiger partial charge in [0.2, 0.25) is 10.0 Å². The first-order valence-electron chi connectivity index (χ1n) is 10.8. The van der Waals surface area contributed by atoms with E-state index in [1.54, 1.807) is 0 Å². The maximum absolute atomic E-state index is 13.3. The molecule has 2 aromatic rings. The number of carbonyl (C=O) groups is 1. The third kappa shape index (κ3) is 5.78. The van der Waals surface area contributed by atoms with Crippen LogP contribution in [0, 0.1) is 5.13 Å². The molecule has 0 radical (unpaired) electrons. The van der Waals surface area contributed by atoms with Crippen molar-refractivity contribution in [1.82, 2.24) is 14.6 Å². The molecular weight excluding hydrogens is 485 g/mol. The summed E-state index contributed by atoms with van der Waals surface area (Å²) in [6.45, 7) is 5.50. The molecule has 2 N–H and O–H groups in total. The molecule has 2 aliphatic heterocycles. The number of sulfonamides is 1. The van der Waals surface area contributed by atoms with Crippen molar-refractivity contribution < 1.29 is 27.2 Å². The molecule has 2 aliphatic rings. The molecule has 10 nitrogen and oxygen atoms in total. The van der Waals surface area contributed by atoms with Crippen LogP contribution in [0.4, 0.5) is 9.52 Å². The maximum atomic E-state index is 13.3. The van der Waals surface area contributed by atoms with Crippen LogP contribution in [0.5, 0.6) is 0 Å². The van der Waals surface area contributed by atoms with Crippen molar-refractivity contribution >= 4 is 38.1 Å². The van der Waals surface area contributed by atoms with Crippen LogP contribution in [0.2, 0.25) is 0 Å². The van der Waals surface area contributed by atoms with Gasteiger partial charge in [0.05, 0.1) is 24.3 Å². The number of aromatic nitrogens is 1. The number of rotatable bonds is 7. The number of carbonyl (C=O) groups excluding carboxylic acids is 1. The molecule has 0 unspecified atom stereocenters. The first kappa shape index (κ1) is 24.7. The van der Waals surface area contributed by atoms with Gasteiger partial charge < -0.3 is 14.9 Å². The molecular formula is C21H26FN5O5S2. The first-order valence-corrected chi connectivity index (χ1v) is 13.1. The molecule has 3 heterocycles. The van der Waals surface area contributed by atoms with Gasteiger partial charge in [-0.25, -0.2) is 13.4 Å². The fraction of sp³-hybridized carbons (Fsp3) is 0.476. The lowest BCUT2D eigenvalue weighted by molar-refractivity contribution is -0.110. The van der Waals surface area contributed by atoms with E-state index in [0.717, 1.165) is 6.20 Å². The zero-order chi connectivity index (χ0) is 24.3. The van der Waals surface area contributed by atoms with Crippen molar-refractivity contribution in [2.45, 2.75) is 43.4 Å². The van der Waals surface area contributed by atoms with E-state index >= 15 is 0 Å². The van der Waals surface area contributed by atoms with Crippen LogP contribution >= 0.6 is 11.3 Å². The molecule has 184 valence electrons. The number of amides is 1. The number of halogens is 1. The maximum Gasteiger partial charge on any atom is 0.280 e.